The summed E-state index contributed by atoms with van der Waals surface area (Å²) in [5, 5.41) is 12.5. The minimum absolute atomic E-state index is 0.112. The fourth-order valence-electron chi connectivity index (χ4n) is 6.96. The number of nitrogens with zero attached hydrogens (tertiary/aromatic N) is 6. The SMILES string of the molecule is Cn1nnc(N(Cc2cc(C(F)(F)F)cc(C(F)(F)F)c2)[C@H]2CCCN(CC3CCCC3)c3cc4c(cc32)CCC4)n1. The van der Waals surface area contributed by atoms with Gasteiger partial charge in [0.15, 0.2) is 0 Å². The molecule has 0 bridgehead atoms. The molecule has 12 heteroatoms. The standard InChI is InChI=1S/C30H34F6N6/c1-40-38-28(37-39-40)42(18-20-12-23(29(31,32)33)16-24(13-20)30(34,35)36)26-10-5-11-41(17-19-6-2-3-7-19)27-15-22-9-4-8-21(22)14-25(26)27/h12-16,19,26H,2-11,17-18H2,1H3/t26-/m0/s1. The number of alkyl halides is 6. The number of benzene rings is 2. The van der Waals surface area contributed by atoms with Gasteiger partial charge in [0.05, 0.1) is 24.2 Å². The molecule has 0 radical (unpaired) electrons. The van der Waals surface area contributed by atoms with Crippen molar-refractivity contribution in [2.75, 3.05) is 22.9 Å². The third-order valence-corrected chi connectivity index (χ3v) is 8.93. The molecule has 1 aliphatic heterocycles. The lowest BCUT2D eigenvalue weighted by Gasteiger charge is -2.33. The molecule has 1 fully saturated rings. The monoisotopic (exact) mass is 592 g/mol. The van der Waals surface area contributed by atoms with E-state index in [9.17, 15) is 26.3 Å². The van der Waals surface area contributed by atoms with Gasteiger partial charge in [-0.25, -0.2) is 0 Å². The summed E-state index contributed by atoms with van der Waals surface area (Å²) in [6.07, 6.45) is -0.508. The maximum Gasteiger partial charge on any atom is 0.416 e. The number of rotatable bonds is 6. The maximum atomic E-state index is 13.7. The topological polar surface area (TPSA) is 50.1 Å². The first-order valence-electron chi connectivity index (χ1n) is 14.7. The zero-order valence-electron chi connectivity index (χ0n) is 23.5. The number of anilines is 2. The Labute approximate surface area is 240 Å². The Kier molecular flexibility index (Phi) is 7.59. The number of tetrazole rings is 1. The highest BCUT2D eigenvalue weighted by atomic mass is 19.4. The summed E-state index contributed by atoms with van der Waals surface area (Å²) < 4.78 is 82.3. The van der Waals surface area contributed by atoms with Crippen molar-refractivity contribution in [1.82, 2.24) is 20.2 Å². The number of halogens is 6. The molecule has 1 atom stereocenters. The molecular formula is C30H34F6N6. The van der Waals surface area contributed by atoms with E-state index in [1.807, 2.05) is 0 Å². The molecule has 3 aliphatic rings. The lowest BCUT2D eigenvalue weighted by molar-refractivity contribution is -0.143. The molecule has 6 nitrogen and oxygen atoms in total. The van der Waals surface area contributed by atoms with Crippen molar-refractivity contribution >= 4 is 11.6 Å². The van der Waals surface area contributed by atoms with Gasteiger partial charge in [0.1, 0.15) is 0 Å². The molecule has 0 spiro atoms. The van der Waals surface area contributed by atoms with E-state index in [-0.39, 0.29) is 30.2 Å². The van der Waals surface area contributed by atoms with E-state index in [2.05, 4.69) is 32.4 Å². The third-order valence-electron chi connectivity index (χ3n) is 8.93. The predicted molar refractivity (Wildman–Crippen MR) is 146 cm³/mol. The van der Waals surface area contributed by atoms with Gasteiger partial charge in [-0.05, 0) is 103 Å². The Morgan fingerprint density at radius 1 is 0.833 bits per heavy atom. The van der Waals surface area contributed by atoms with Crippen LogP contribution in [0, 0.1) is 5.92 Å². The van der Waals surface area contributed by atoms with Gasteiger partial charge >= 0.3 is 12.4 Å². The summed E-state index contributed by atoms with van der Waals surface area (Å²) in [4.78, 5) is 5.45. The van der Waals surface area contributed by atoms with Crippen molar-refractivity contribution in [3.8, 4) is 0 Å². The Hall–Kier alpha value is -3.31. The van der Waals surface area contributed by atoms with Gasteiger partial charge in [-0.3, -0.25) is 0 Å². The van der Waals surface area contributed by atoms with Crippen molar-refractivity contribution in [3.63, 3.8) is 0 Å². The predicted octanol–water partition coefficient (Wildman–Crippen LogP) is 7.27. The summed E-state index contributed by atoms with van der Waals surface area (Å²) in [5.41, 5.74) is 1.94. The lowest BCUT2D eigenvalue weighted by Crippen LogP contribution is -2.31. The van der Waals surface area contributed by atoms with Crippen LogP contribution in [0.25, 0.3) is 0 Å². The number of aromatic nitrogens is 4. The Balaban J connectivity index is 1.44. The van der Waals surface area contributed by atoms with Gasteiger partial charge < -0.3 is 9.80 Å². The van der Waals surface area contributed by atoms with E-state index < -0.39 is 23.5 Å². The molecular weight excluding hydrogens is 558 g/mol. The third kappa shape index (κ3) is 5.94. The molecule has 0 unspecified atom stereocenters. The van der Waals surface area contributed by atoms with Gasteiger partial charge in [-0.1, -0.05) is 24.0 Å². The molecule has 3 aromatic rings. The van der Waals surface area contributed by atoms with Gasteiger partial charge in [0.2, 0.25) is 0 Å². The van der Waals surface area contributed by atoms with Crippen LogP contribution in [0.2, 0.25) is 0 Å². The van der Waals surface area contributed by atoms with Gasteiger partial charge in [-0.2, -0.15) is 31.1 Å². The first-order chi connectivity index (χ1) is 20.0. The molecule has 0 N–H and O–H groups in total. The average Bonchev–Trinajstić information content (AvgIpc) is 3.68. The van der Waals surface area contributed by atoms with E-state index in [1.165, 1.54) is 41.6 Å². The number of fused-ring (bicyclic) bond motifs is 2. The van der Waals surface area contributed by atoms with Crippen LogP contribution in [0.3, 0.4) is 0 Å². The van der Waals surface area contributed by atoms with Crippen molar-refractivity contribution in [2.24, 2.45) is 13.0 Å². The zero-order chi connectivity index (χ0) is 29.6. The highest BCUT2D eigenvalue weighted by Crippen LogP contribution is 2.43. The second-order valence-corrected chi connectivity index (χ2v) is 11.9. The summed E-state index contributed by atoms with van der Waals surface area (Å²) in [6.45, 7) is 1.55. The zero-order valence-corrected chi connectivity index (χ0v) is 23.5. The highest BCUT2D eigenvalue weighted by Gasteiger charge is 2.38. The van der Waals surface area contributed by atoms with Crippen LogP contribution in [0.15, 0.2) is 30.3 Å². The van der Waals surface area contributed by atoms with E-state index in [4.69, 9.17) is 0 Å². The summed E-state index contributed by atoms with van der Waals surface area (Å²) in [6, 6.07) is 5.90. The van der Waals surface area contributed by atoms with E-state index in [1.54, 1.807) is 11.9 Å². The fourth-order valence-corrected chi connectivity index (χ4v) is 6.96. The summed E-state index contributed by atoms with van der Waals surface area (Å²) in [7, 11) is 1.58. The normalized spacial score (nSPS) is 19.6. The van der Waals surface area contributed by atoms with E-state index >= 15 is 0 Å². The van der Waals surface area contributed by atoms with E-state index in [0.717, 1.165) is 62.2 Å². The minimum Gasteiger partial charge on any atom is -0.371 e. The van der Waals surface area contributed by atoms with Crippen molar-refractivity contribution in [3.05, 3.63) is 63.7 Å². The van der Waals surface area contributed by atoms with Crippen LogP contribution in [0.5, 0.6) is 0 Å². The van der Waals surface area contributed by atoms with Crippen LogP contribution in [0.4, 0.5) is 38.0 Å². The largest absolute Gasteiger partial charge is 0.416 e. The first kappa shape index (κ1) is 28.8. The van der Waals surface area contributed by atoms with Crippen LogP contribution in [-0.4, -0.2) is 33.3 Å². The summed E-state index contributed by atoms with van der Waals surface area (Å²) >= 11 is 0. The first-order valence-corrected chi connectivity index (χ1v) is 14.7. The molecule has 1 saturated carbocycles. The van der Waals surface area contributed by atoms with Crippen LogP contribution < -0.4 is 9.80 Å². The smallest absolute Gasteiger partial charge is 0.371 e. The molecule has 0 saturated heterocycles. The summed E-state index contributed by atoms with van der Waals surface area (Å²) in [5.74, 6) is 0.787. The number of hydrogen-bond acceptors (Lipinski definition) is 5. The van der Waals surface area contributed by atoms with Crippen molar-refractivity contribution < 1.29 is 26.3 Å². The lowest BCUT2D eigenvalue weighted by atomic mass is 9.94. The molecule has 6 rings (SSSR count). The van der Waals surface area contributed by atoms with Crippen molar-refractivity contribution in [2.45, 2.75) is 82.7 Å². The Morgan fingerprint density at radius 3 is 2.12 bits per heavy atom. The fraction of sp³-hybridized carbons (Fsp3) is 0.567. The average molecular weight is 593 g/mol. The van der Waals surface area contributed by atoms with Gasteiger partial charge in [0.25, 0.3) is 5.95 Å². The molecule has 42 heavy (non-hydrogen) atoms. The Morgan fingerprint density at radius 2 is 1.50 bits per heavy atom. The number of aryl methyl sites for hydroxylation is 3. The highest BCUT2D eigenvalue weighted by molar-refractivity contribution is 5.62. The quantitative estimate of drug-likeness (QED) is 0.282. The molecule has 2 aromatic carbocycles. The van der Waals surface area contributed by atoms with Crippen LogP contribution in [-0.2, 0) is 38.8 Å². The molecule has 2 aliphatic carbocycles. The molecule has 226 valence electrons. The van der Waals surface area contributed by atoms with Crippen LogP contribution in [0.1, 0.15) is 84.4 Å². The van der Waals surface area contributed by atoms with E-state index in [0.29, 0.717) is 12.3 Å². The number of hydrogen-bond donors (Lipinski definition) is 0. The molecule has 1 aromatic heterocycles. The second-order valence-electron chi connectivity index (χ2n) is 11.9. The second kappa shape index (κ2) is 11.1. The van der Waals surface area contributed by atoms with Crippen LogP contribution >= 0.6 is 0 Å². The maximum absolute atomic E-state index is 13.7. The minimum atomic E-state index is -4.93. The van der Waals surface area contributed by atoms with Crippen molar-refractivity contribution in [1.29, 1.82) is 0 Å². The van der Waals surface area contributed by atoms with Gasteiger partial charge in [-0.15, -0.1) is 5.10 Å². The van der Waals surface area contributed by atoms with Gasteiger partial charge in [0, 0.05) is 25.3 Å². The molecule has 2 heterocycles. The molecule has 0 amide bonds. The Bertz CT molecular complexity index is 1390.